The van der Waals surface area contributed by atoms with Gasteiger partial charge in [-0.1, -0.05) is 24.3 Å². The van der Waals surface area contributed by atoms with Crippen molar-refractivity contribution in [3.8, 4) is 5.75 Å². The predicted molar refractivity (Wildman–Crippen MR) is 95.5 cm³/mol. The third kappa shape index (κ3) is 4.81. The molecule has 6 heteroatoms. The Labute approximate surface area is 151 Å². The second-order valence-corrected chi connectivity index (χ2v) is 6.06. The van der Waals surface area contributed by atoms with E-state index in [1.54, 1.807) is 0 Å². The van der Waals surface area contributed by atoms with Crippen LogP contribution in [0.25, 0.3) is 0 Å². The van der Waals surface area contributed by atoms with E-state index < -0.39 is 23.2 Å². The fourth-order valence-corrected chi connectivity index (χ4v) is 2.55. The van der Waals surface area contributed by atoms with Gasteiger partial charge < -0.3 is 15.2 Å². The van der Waals surface area contributed by atoms with Crippen molar-refractivity contribution in [1.82, 2.24) is 5.32 Å². The molecule has 1 atom stereocenters. The maximum atomic E-state index is 13.1. The summed E-state index contributed by atoms with van der Waals surface area (Å²) in [4.78, 5) is 24.0. The molecular formula is C20H22FNO4. The Morgan fingerprint density at radius 1 is 1.12 bits per heavy atom. The monoisotopic (exact) mass is 359 g/mol. The summed E-state index contributed by atoms with van der Waals surface area (Å²) >= 11 is 0. The van der Waals surface area contributed by atoms with Gasteiger partial charge in [0.25, 0.3) is 0 Å². The molecule has 0 aromatic heterocycles. The molecule has 0 aliphatic rings. The zero-order chi connectivity index (χ0) is 19.2. The normalized spacial score (nSPS) is 12.9. The molecular weight excluding hydrogens is 337 g/mol. The standard InChI is InChI=1S/C20H22FNO4/c1-3-26-17-11-4-14(5-12-17)6-13-18(23)22-20(2,19(24)25)15-7-9-16(21)10-8-15/h4-5,7-12H,3,6,13H2,1-2H3,(H,22,23)(H,24,25). The zero-order valence-corrected chi connectivity index (χ0v) is 14.8. The molecule has 138 valence electrons. The maximum Gasteiger partial charge on any atom is 0.333 e. The third-order valence-electron chi connectivity index (χ3n) is 4.11. The van der Waals surface area contributed by atoms with Gasteiger partial charge in [0, 0.05) is 6.42 Å². The van der Waals surface area contributed by atoms with Gasteiger partial charge in [0.15, 0.2) is 5.54 Å². The summed E-state index contributed by atoms with van der Waals surface area (Å²) in [6, 6.07) is 12.5. The number of hydrogen-bond acceptors (Lipinski definition) is 3. The highest BCUT2D eigenvalue weighted by Gasteiger charge is 2.36. The highest BCUT2D eigenvalue weighted by Crippen LogP contribution is 2.22. The lowest BCUT2D eigenvalue weighted by Crippen LogP contribution is -2.49. The smallest absolute Gasteiger partial charge is 0.333 e. The van der Waals surface area contributed by atoms with Crippen LogP contribution in [0.15, 0.2) is 48.5 Å². The number of halogens is 1. The van der Waals surface area contributed by atoms with Crippen molar-refractivity contribution in [3.63, 3.8) is 0 Å². The highest BCUT2D eigenvalue weighted by atomic mass is 19.1. The minimum Gasteiger partial charge on any atom is -0.494 e. The fraction of sp³-hybridized carbons (Fsp3) is 0.300. The van der Waals surface area contributed by atoms with E-state index in [9.17, 15) is 19.1 Å². The summed E-state index contributed by atoms with van der Waals surface area (Å²) in [5.41, 5.74) is -0.368. The summed E-state index contributed by atoms with van der Waals surface area (Å²) in [6.45, 7) is 3.87. The van der Waals surface area contributed by atoms with E-state index >= 15 is 0 Å². The van der Waals surface area contributed by atoms with Gasteiger partial charge in [0.05, 0.1) is 6.61 Å². The molecule has 2 aromatic carbocycles. The zero-order valence-electron chi connectivity index (χ0n) is 14.8. The Bertz CT molecular complexity index is 758. The van der Waals surface area contributed by atoms with Crippen LogP contribution in [0, 0.1) is 5.82 Å². The molecule has 0 saturated carbocycles. The van der Waals surface area contributed by atoms with Crippen LogP contribution in [0.3, 0.4) is 0 Å². The molecule has 5 nitrogen and oxygen atoms in total. The minimum absolute atomic E-state index is 0.137. The van der Waals surface area contributed by atoms with Gasteiger partial charge in [-0.05, 0) is 55.7 Å². The van der Waals surface area contributed by atoms with Gasteiger partial charge >= 0.3 is 5.97 Å². The molecule has 2 aromatic rings. The molecule has 0 saturated heterocycles. The molecule has 1 amide bonds. The molecule has 0 heterocycles. The number of aryl methyl sites for hydroxylation is 1. The van der Waals surface area contributed by atoms with E-state index in [-0.39, 0.29) is 6.42 Å². The first-order valence-corrected chi connectivity index (χ1v) is 8.37. The molecule has 0 fully saturated rings. The van der Waals surface area contributed by atoms with Gasteiger partial charge in [-0.25, -0.2) is 9.18 Å². The number of carboxylic acids is 1. The first-order valence-electron chi connectivity index (χ1n) is 8.37. The summed E-state index contributed by atoms with van der Waals surface area (Å²) in [5.74, 6) is -1.31. The van der Waals surface area contributed by atoms with Crippen LogP contribution in [-0.2, 0) is 21.5 Å². The Hall–Kier alpha value is -2.89. The molecule has 0 radical (unpaired) electrons. The molecule has 0 aliphatic heterocycles. The number of ether oxygens (including phenoxy) is 1. The third-order valence-corrected chi connectivity index (χ3v) is 4.11. The Kier molecular flexibility index (Phi) is 6.33. The number of hydrogen-bond donors (Lipinski definition) is 2. The molecule has 2 rings (SSSR count). The molecule has 0 aliphatic carbocycles. The van der Waals surface area contributed by atoms with Gasteiger partial charge in [-0.3, -0.25) is 4.79 Å². The van der Waals surface area contributed by atoms with Crippen LogP contribution < -0.4 is 10.1 Å². The number of carbonyl (C=O) groups is 2. The molecule has 26 heavy (non-hydrogen) atoms. The first kappa shape index (κ1) is 19.4. The van der Waals surface area contributed by atoms with Crippen molar-refractivity contribution < 1.29 is 23.8 Å². The van der Waals surface area contributed by atoms with Crippen LogP contribution in [0.4, 0.5) is 4.39 Å². The minimum atomic E-state index is -1.62. The Balaban J connectivity index is 2.01. The molecule has 0 spiro atoms. The number of aliphatic carboxylic acids is 1. The average molecular weight is 359 g/mol. The van der Waals surface area contributed by atoms with E-state index in [1.807, 2.05) is 31.2 Å². The highest BCUT2D eigenvalue weighted by molar-refractivity contribution is 5.87. The number of carbonyl (C=O) groups excluding carboxylic acids is 1. The number of carboxylic acid groups (broad SMARTS) is 1. The summed E-state index contributed by atoms with van der Waals surface area (Å²) < 4.78 is 18.4. The Morgan fingerprint density at radius 2 is 1.73 bits per heavy atom. The van der Waals surface area contributed by atoms with Crippen LogP contribution in [0.5, 0.6) is 5.75 Å². The lowest BCUT2D eigenvalue weighted by Gasteiger charge is -2.27. The first-order chi connectivity index (χ1) is 12.3. The molecule has 0 bridgehead atoms. The van der Waals surface area contributed by atoms with Crippen LogP contribution >= 0.6 is 0 Å². The quantitative estimate of drug-likeness (QED) is 0.758. The fourth-order valence-electron chi connectivity index (χ4n) is 2.55. The van der Waals surface area contributed by atoms with Crippen molar-refractivity contribution in [3.05, 3.63) is 65.5 Å². The Morgan fingerprint density at radius 3 is 2.27 bits per heavy atom. The maximum absolute atomic E-state index is 13.1. The SMILES string of the molecule is CCOc1ccc(CCC(=O)NC(C)(C(=O)O)c2ccc(F)cc2)cc1. The predicted octanol–water partition coefficient (Wildman–Crippen LogP) is 3.27. The van der Waals surface area contributed by atoms with Gasteiger partial charge in [-0.2, -0.15) is 0 Å². The van der Waals surface area contributed by atoms with Crippen molar-refractivity contribution in [2.24, 2.45) is 0 Å². The van der Waals surface area contributed by atoms with E-state index in [4.69, 9.17) is 4.74 Å². The van der Waals surface area contributed by atoms with E-state index in [2.05, 4.69) is 5.32 Å². The van der Waals surface area contributed by atoms with Crippen LogP contribution in [-0.4, -0.2) is 23.6 Å². The largest absolute Gasteiger partial charge is 0.494 e. The van der Waals surface area contributed by atoms with Gasteiger partial charge in [0.1, 0.15) is 11.6 Å². The second kappa shape index (κ2) is 8.47. The number of nitrogens with one attached hydrogen (secondary N) is 1. The van der Waals surface area contributed by atoms with E-state index in [0.717, 1.165) is 11.3 Å². The van der Waals surface area contributed by atoms with Crippen molar-refractivity contribution in [2.45, 2.75) is 32.2 Å². The number of benzene rings is 2. The van der Waals surface area contributed by atoms with Crippen LogP contribution in [0.2, 0.25) is 0 Å². The van der Waals surface area contributed by atoms with E-state index in [0.29, 0.717) is 18.6 Å². The van der Waals surface area contributed by atoms with Crippen LogP contribution in [0.1, 0.15) is 31.4 Å². The summed E-state index contributed by atoms with van der Waals surface area (Å²) in [5, 5.41) is 12.1. The van der Waals surface area contributed by atoms with Crippen molar-refractivity contribution in [2.75, 3.05) is 6.61 Å². The second-order valence-electron chi connectivity index (χ2n) is 6.06. The molecule has 1 unspecified atom stereocenters. The topological polar surface area (TPSA) is 75.6 Å². The lowest BCUT2D eigenvalue weighted by molar-refractivity contribution is -0.147. The van der Waals surface area contributed by atoms with Gasteiger partial charge in [-0.15, -0.1) is 0 Å². The average Bonchev–Trinajstić information content (AvgIpc) is 2.61. The summed E-state index contributed by atoms with van der Waals surface area (Å²) in [6.07, 6.45) is 0.607. The van der Waals surface area contributed by atoms with Gasteiger partial charge in [0.2, 0.25) is 5.91 Å². The molecule has 2 N–H and O–H groups in total. The lowest BCUT2D eigenvalue weighted by atomic mass is 9.91. The number of amides is 1. The van der Waals surface area contributed by atoms with Crippen molar-refractivity contribution in [1.29, 1.82) is 0 Å². The summed E-state index contributed by atoms with van der Waals surface area (Å²) in [7, 11) is 0. The van der Waals surface area contributed by atoms with E-state index in [1.165, 1.54) is 31.2 Å². The number of rotatable bonds is 8. The van der Waals surface area contributed by atoms with Crippen molar-refractivity contribution >= 4 is 11.9 Å².